The van der Waals surface area contributed by atoms with Crippen molar-refractivity contribution in [3.63, 3.8) is 0 Å². The van der Waals surface area contributed by atoms with Crippen molar-refractivity contribution in [2.75, 3.05) is 26.7 Å². The summed E-state index contributed by atoms with van der Waals surface area (Å²) >= 11 is 0. The van der Waals surface area contributed by atoms with E-state index < -0.39 is 40.6 Å². The number of nitrogens with zero attached hydrogens (tertiary/aromatic N) is 3. The van der Waals surface area contributed by atoms with Gasteiger partial charge in [-0.25, -0.2) is 18.2 Å². The Morgan fingerprint density at radius 2 is 1.97 bits per heavy atom. The number of amides is 2. The highest BCUT2D eigenvalue weighted by atomic mass is 19.2. The van der Waals surface area contributed by atoms with Crippen LogP contribution in [0, 0.1) is 30.3 Å². The molecule has 2 aromatic heterocycles. The van der Waals surface area contributed by atoms with Crippen LogP contribution in [0.15, 0.2) is 24.4 Å². The Bertz CT molecular complexity index is 1310. The zero-order chi connectivity index (χ0) is 25.4. The molecule has 3 heterocycles. The van der Waals surface area contributed by atoms with E-state index in [-0.39, 0.29) is 23.9 Å². The maximum absolute atomic E-state index is 15.2. The third kappa shape index (κ3) is 4.62. The van der Waals surface area contributed by atoms with Gasteiger partial charge in [-0.05, 0) is 30.7 Å². The van der Waals surface area contributed by atoms with Gasteiger partial charge in [-0.2, -0.15) is 0 Å². The van der Waals surface area contributed by atoms with Crippen LogP contribution in [-0.4, -0.2) is 58.9 Å². The number of nitrogens with one attached hydrogen (secondary N) is 1. The van der Waals surface area contributed by atoms with Gasteiger partial charge >= 0.3 is 0 Å². The van der Waals surface area contributed by atoms with Crippen LogP contribution in [-0.2, 0) is 16.0 Å². The molecule has 186 valence electrons. The number of pyridine rings is 1. The SMILES string of the molecule is CNC(=O)c1cc(F)c(-c2nc3cc(C)ccn3c2CC2CN(C(=O)C(C)C)CCO2)c(F)c1F. The normalized spacial score (nSPS) is 16.2. The molecule has 1 unspecified atom stereocenters. The lowest BCUT2D eigenvalue weighted by Crippen LogP contribution is -2.47. The highest BCUT2D eigenvalue weighted by Crippen LogP contribution is 2.33. The zero-order valence-corrected chi connectivity index (χ0v) is 20.0. The first-order valence-corrected chi connectivity index (χ1v) is 11.4. The minimum absolute atomic E-state index is 0.00348. The van der Waals surface area contributed by atoms with Gasteiger partial charge in [0, 0.05) is 38.7 Å². The maximum Gasteiger partial charge on any atom is 0.254 e. The Labute approximate surface area is 200 Å². The third-order valence-corrected chi connectivity index (χ3v) is 6.11. The quantitative estimate of drug-likeness (QED) is 0.558. The summed E-state index contributed by atoms with van der Waals surface area (Å²) in [6, 6.07) is 4.24. The number of carbonyl (C=O) groups excluding carboxylic acids is 2. The molecule has 1 N–H and O–H groups in total. The first-order chi connectivity index (χ1) is 16.6. The van der Waals surface area contributed by atoms with Crippen molar-refractivity contribution in [1.82, 2.24) is 19.6 Å². The molecular weight excluding hydrogens is 461 g/mol. The van der Waals surface area contributed by atoms with Gasteiger partial charge in [0.25, 0.3) is 5.91 Å². The van der Waals surface area contributed by atoms with Crippen LogP contribution >= 0.6 is 0 Å². The average molecular weight is 489 g/mol. The standard InChI is InChI=1S/C25H27F3N4O3/c1-13(2)25(34)31-7-8-35-15(12-31)10-18-23(30-19-9-14(3)5-6-32(18)19)20-17(26)11-16(24(33)29-4)21(27)22(20)28/h5-6,9,11,13,15H,7-8,10,12H2,1-4H3,(H,29,33). The van der Waals surface area contributed by atoms with E-state index in [1.165, 1.54) is 7.05 Å². The number of ether oxygens (including phenoxy) is 1. The van der Waals surface area contributed by atoms with Crippen molar-refractivity contribution in [1.29, 1.82) is 0 Å². The number of halogens is 3. The molecule has 10 heteroatoms. The summed E-state index contributed by atoms with van der Waals surface area (Å²) in [6.07, 6.45) is 1.45. The number of imidazole rings is 1. The lowest BCUT2D eigenvalue weighted by Gasteiger charge is -2.34. The Balaban J connectivity index is 1.81. The summed E-state index contributed by atoms with van der Waals surface area (Å²) < 4.78 is 52.7. The van der Waals surface area contributed by atoms with Gasteiger partial charge in [0.15, 0.2) is 11.6 Å². The van der Waals surface area contributed by atoms with Gasteiger partial charge in [-0.15, -0.1) is 0 Å². The fourth-order valence-electron chi connectivity index (χ4n) is 4.33. The number of benzene rings is 1. The second kappa shape index (κ2) is 9.69. The highest BCUT2D eigenvalue weighted by Gasteiger charge is 2.31. The van der Waals surface area contributed by atoms with Crippen LogP contribution in [0.2, 0.25) is 0 Å². The number of hydrogen-bond acceptors (Lipinski definition) is 4. The van der Waals surface area contributed by atoms with Crippen molar-refractivity contribution in [2.24, 2.45) is 5.92 Å². The van der Waals surface area contributed by atoms with Gasteiger partial charge < -0.3 is 19.4 Å². The van der Waals surface area contributed by atoms with Crippen molar-refractivity contribution < 1.29 is 27.5 Å². The smallest absolute Gasteiger partial charge is 0.254 e. The first-order valence-electron chi connectivity index (χ1n) is 11.4. The van der Waals surface area contributed by atoms with E-state index in [9.17, 15) is 14.0 Å². The number of aryl methyl sites for hydroxylation is 1. The van der Waals surface area contributed by atoms with Gasteiger partial charge in [0.2, 0.25) is 5.91 Å². The number of aromatic nitrogens is 2. The highest BCUT2D eigenvalue weighted by molar-refractivity contribution is 5.95. The van der Waals surface area contributed by atoms with Gasteiger partial charge in [0.1, 0.15) is 11.5 Å². The summed E-state index contributed by atoms with van der Waals surface area (Å²) in [5, 5.41) is 2.17. The predicted octanol–water partition coefficient (Wildman–Crippen LogP) is 3.51. The Morgan fingerprint density at radius 1 is 1.23 bits per heavy atom. The Morgan fingerprint density at radius 3 is 2.66 bits per heavy atom. The molecule has 1 aromatic carbocycles. The molecule has 0 radical (unpaired) electrons. The van der Waals surface area contributed by atoms with E-state index in [1.54, 1.807) is 21.6 Å². The summed E-state index contributed by atoms with van der Waals surface area (Å²) in [7, 11) is 1.24. The van der Waals surface area contributed by atoms with E-state index in [0.717, 1.165) is 5.56 Å². The van der Waals surface area contributed by atoms with E-state index in [4.69, 9.17) is 4.74 Å². The molecule has 1 saturated heterocycles. The minimum atomic E-state index is -1.49. The molecule has 35 heavy (non-hydrogen) atoms. The molecule has 1 aliphatic rings. The number of morpholine rings is 1. The number of hydrogen-bond donors (Lipinski definition) is 1. The number of fused-ring (bicyclic) bond motifs is 1. The largest absolute Gasteiger partial charge is 0.374 e. The average Bonchev–Trinajstić information content (AvgIpc) is 3.17. The number of carbonyl (C=O) groups is 2. The van der Waals surface area contributed by atoms with Crippen LogP contribution in [0.4, 0.5) is 13.2 Å². The Hall–Kier alpha value is -3.40. The summed E-state index contributed by atoms with van der Waals surface area (Å²) in [4.78, 5) is 30.5. The van der Waals surface area contributed by atoms with Gasteiger partial charge in [-0.3, -0.25) is 9.59 Å². The molecule has 3 aromatic rings. The molecule has 0 saturated carbocycles. The van der Waals surface area contributed by atoms with Crippen LogP contribution in [0.3, 0.4) is 0 Å². The molecular formula is C25H27F3N4O3. The van der Waals surface area contributed by atoms with Crippen molar-refractivity contribution in [3.8, 4) is 11.3 Å². The van der Waals surface area contributed by atoms with Crippen LogP contribution in [0.25, 0.3) is 16.9 Å². The van der Waals surface area contributed by atoms with Gasteiger partial charge in [0.05, 0.1) is 35.2 Å². The summed E-state index contributed by atoms with van der Waals surface area (Å²) in [5.41, 5.74) is 0.252. The lowest BCUT2D eigenvalue weighted by molar-refractivity contribution is -0.142. The topological polar surface area (TPSA) is 75.9 Å². The molecule has 0 bridgehead atoms. The maximum atomic E-state index is 15.2. The molecule has 0 spiro atoms. The molecule has 1 fully saturated rings. The Kier molecular flexibility index (Phi) is 6.84. The molecule has 1 atom stereocenters. The van der Waals surface area contributed by atoms with E-state index in [2.05, 4.69) is 10.3 Å². The molecule has 2 amide bonds. The first kappa shape index (κ1) is 24.7. The van der Waals surface area contributed by atoms with Crippen LogP contribution < -0.4 is 5.32 Å². The molecule has 1 aliphatic heterocycles. The van der Waals surface area contributed by atoms with Gasteiger partial charge in [-0.1, -0.05) is 13.8 Å². The van der Waals surface area contributed by atoms with Crippen molar-refractivity contribution in [2.45, 2.75) is 33.3 Å². The van der Waals surface area contributed by atoms with Crippen LogP contribution in [0.1, 0.15) is 35.5 Å². The van der Waals surface area contributed by atoms with Crippen LogP contribution in [0.5, 0.6) is 0 Å². The molecule has 0 aliphatic carbocycles. The van der Waals surface area contributed by atoms with E-state index in [1.807, 2.05) is 26.8 Å². The monoisotopic (exact) mass is 488 g/mol. The summed E-state index contributed by atoms with van der Waals surface area (Å²) in [6.45, 7) is 6.59. The van der Waals surface area contributed by atoms with E-state index >= 15 is 8.78 Å². The number of rotatable bonds is 5. The van der Waals surface area contributed by atoms with E-state index in [0.29, 0.717) is 37.1 Å². The second-order valence-corrected chi connectivity index (χ2v) is 8.96. The third-order valence-electron chi connectivity index (χ3n) is 6.11. The zero-order valence-electron chi connectivity index (χ0n) is 20.0. The summed E-state index contributed by atoms with van der Waals surface area (Å²) in [5.74, 6) is -5.17. The molecule has 4 rings (SSSR count). The fourth-order valence-corrected chi connectivity index (χ4v) is 4.33. The minimum Gasteiger partial charge on any atom is -0.374 e. The fraction of sp³-hybridized carbons (Fsp3) is 0.400. The predicted molar refractivity (Wildman–Crippen MR) is 123 cm³/mol. The molecule has 7 nitrogen and oxygen atoms in total. The lowest BCUT2D eigenvalue weighted by atomic mass is 10.0. The van der Waals surface area contributed by atoms with Crippen molar-refractivity contribution in [3.05, 3.63) is 58.7 Å². The van der Waals surface area contributed by atoms with Crippen molar-refractivity contribution >= 4 is 17.5 Å². The second-order valence-electron chi connectivity index (χ2n) is 8.96.